The summed E-state index contributed by atoms with van der Waals surface area (Å²) in [6, 6.07) is 12.2. The van der Waals surface area contributed by atoms with Gasteiger partial charge in [0.25, 0.3) is 0 Å². The first-order chi connectivity index (χ1) is 13.6. The van der Waals surface area contributed by atoms with Crippen molar-refractivity contribution in [1.29, 1.82) is 0 Å². The zero-order valence-corrected chi connectivity index (χ0v) is 19.5. The van der Waals surface area contributed by atoms with Crippen LogP contribution in [0.2, 0.25) is 5.02 Å². The fraction of sp³-hybridized carbons (Fsp3) is 0.381. The number of nitrogens with one attached hydrogen (secondary N) is 1. The van der Waals surface area contributed by atoms with Gasteiger partial charge in [-0.2, -0.15) is 11.8 Å². The smallest absolute Gasteiger partial charge is 0.243 e. The van der Waals surface area contributed by atoms with Crippen LogP contribution in [0.5, 0.6) is 0 Å². The van der Waals surface area contributed by atoms with E-state index in [2.05, 4.69) is 5.32 Å². The summed E-state index contributed by atoms with van der Waals surface area (Å²) < 4.78 is 25.9. The van der Waals surface area contributed by atoms with Gasteiger partial charge in [0.2, 0.25) is 15.9 Å². The van der Waals surface area contributed by atoms with Crippen molar-refractivity contribution in [2.45, 2.75) is 32.6 Å². The molecule has 2 aromatic rings. The van der Waals surface area contributed by atoms with Gasteiger partial charge in [-0.3, -0.25) is 9.10 Å². The molecular weight excluding hydrogens is 428 g/mol. The van der Waals surface area contributed by atoms with Gasteiger partial charge in [0.1, 0.15) is 6.04 Å². The Labute approximate surface area is 182 Å². The molecule has 0 saturated heterocycles. The van der Waals surface area contributed by atoms with Gasteiger partial charge in [-0.1, -0.05) is 29.8 Å². The molecule has 158 valence electrons. The lowest BCUT2D eigenvalue weighted by Gasteiger charge is -2.28. The second kappa shape index (κ2) is 10.4. The molecule has 0 spiro atoms. The predicted octanol–water partition coefficient (Wildman–Crippen LogP) is 4.16. The van der Waals surface area contributed by atoms with Crippen LogP contribution in [0.15, 0.2) is 42.5 Å². The molecule has 2 aromatic carbocycles. The van der Waals surface area contributed by atoms with E-state index in [1.807, 2.05) is 44.2 Å². The maximum absolute atomic E-state index is 12.6. The molecule has 0 aliphatic rings. The summed E-state index contributed by atoms with van der Waals surface area (Å²) in [6.07, 6.45) is 1.12. The molecule has 0 fully saturated rings. The van der Waals surface area contributed by atoms with Crippen LogP contribution in [0.4, 0.5) is 5.69 Å². The number of aryl methyl sites for hydroxylation is 2. The van der Waals surface area contributed by atoms with E-state index < -0.39 is 16.1 Å². The number of thioether (sulfide) groups is 1. The molecule has 0 aliphatic carbocycles. The van der Waals surface area contributed by atoms with Crippen molar-refractivity contribution in [3.05, 3.63) is 64.2 Å². The maximum atomic E-state index is 12.6. The number of sulfonamides is 1. The summed E-state index contributed by atoms with van der Waals surface area (Å²) in [4.78, 5) is 12.6. The van der Waals surface area contributed by atoms with Crippen LogP contribution in [-0.2, 0) is 20.6 Å². The number of amides is 1. The molecule has 8 heteroatoms. The number of hydrogen-bond acceptors (Lipinski definition) is 4. The van der Waals surface area contributed by atoms with Crippen LogP contribution >= 0.6 is 23.4 Å². The highest BCUT2D eigenvalue weighted by molar-refractivity contribution is 7.98. The lowest BCUT2D eigenvalue weighted by Crippen LogP contribution is -2.48. The number of hydrogen-bond donors (Lipinski definition) is 1. The van der Waals surface area contributed by atoms with Crippen molar-refractivity contribution >= 4 is 45.0 Å². The van der Waals surface area contributed by atoms with Crippen LogP contribution in [0.1, 0.15) is 23.6 Å². The molecule has 0 radical (unpaired) electrons. The Bertz CT molecular complexity index is 964. The zero-order valence-electron chi connectivity index (χ0n) is 17.1. The van der Waals surface area contributed by atoms with Crippen LogP contribution in [0.3, 0.4) is 0 Å². The van der Waals surface area contributed by atoms with E-state index in [1.165, 1.54) is 4.31 Å². The molecule has 1 amide bonds. The number of halogens is 1. The highest BCUT2D eigenvalue weighted by Crippen LogP contribution is 2.24. The lowest BCUT2D eigenvalue weighted by atomic mass is 10.1. The van der Waals surface area contributed by atoms with E-state index in [0.717, 1.165) is 28.7 Å². The quantitative estimate of drug-likeness (QED) is 0.577. The largest absolute Gasteiger partial charge is 0.353 e. The van der Waals surface area contributed by atoms with Gasteiger partial charge in [0.15, 0.2) is 0 Å². The molecule has 0 heterocycles. The van der Waals surface area contributed by atoms with Crippen molar-refractivity contribution in [3.8, 4) is 0 Å². The monoisotopic (exact) mass is 454 g/mol. The molecule has 0 aliphatic heterocycles. The Morgan fingerprint density at radius 3 is 2.52 bits per heavy atom. The third-order valence-corrected chi connectivity index (χ3v) is 7.04. The number of anilines is 1. The van der Waals surface area contributed by atoms with Gasteiger partial charge < -0.3 is 5.32 Å². The third kappa shape index (κ3) is 6.94. The molecule has 1 atom stereocenters. The minimum absolute atomic E-state index is 0.322. The fourth-order valence-electron chi connectivity index (χ4n) is 2.88. The van der Waals surface area contributed by atoms with Crippen molar-refractivity contribution in [2.75, 3.05) is 22.9 Å². The first-order valence-corrected chi connectivity index (χ1v) is 12.6. The Kier molecular flexibility index (Phi) is 8.43. The average Bonchev–Trinajstić information content (AvgIpc) is 2.63. The zero-order chi connectivity index (χ0) is 21.6. The molecule has 0 unspecified atom stereocenters. The Morgan fingerprint density at radius 2 is 1.90 bits per heavy atom. The SMILES string of the molecule is Cc1ccc(N([C@H](C)C(=O)NCCSCc2cccc(Cl)c2)S(C)(=O)=O)cc1C. The summed E-state index contributed by atoms with van der Waals surface area (Å²) >= 11 is 7.65. The first-order valence-electron chi connectivity index (χ1n) is 9.26. The number of carbonyl (C=O) groups excluding carboxylic acids is 1. The Balaban J connectivity index is 1.94. The van der Waals surface area contributed by atoms with Gasteiger partial charge in [-0.25, -0.2) is 8.42 Å². The van der Waals surface area contributed by atoms with E-state index in [0.29, 0.717) is 23.0 Å². The predicted molar refractivity (Wildman–Crippen MR) is 123 cm³/mol. The summed E-state index contributed by atoms with van der Waals surface area (Å²) in [5, 5.41) is 3.54. The summed E-state index contributed by atoms with van der Waals surface area (Å²) in [7, 11) is -3.61. The van der Waals surface area contributed by atoms with Gasteiger partial charge in [0.05, 0.1) is 11.9 Å². The van der Waals surface area contributed by atoms with Crippen molar-refractivity contribution in [1.82, 2.24) is 5.32 Å². The lowest BCUT2D eigenvalue weighted by molar-refractivity contribution is -0.121. The minimum atomic E-state index is -3.61. The van der Waals surface area contributed by atoms with E-state index in [-0.39, 0.29) is 5.91 Å². The number of benzene rings is 2. The number of carbonyl (C=O) groups is 1. The third-order valence-electron chi connectivity index (χ3n) is 4.54. The van der Waals surface area contributed by atoms with E-state index in [4.69, 9.17) is 11.6 Å². The summed E-state index contributed by atoms with van der Waals surface area (Å²) in [6.45, 7) is 5.94. The Morgan fingerprint density at radius 1 is 1.17 bits per heavy atom. The molecule has 0 saturated carbocycles. The molecule has 5 nitrogen and oxygen atoms in total. The molecular formula is C21H27ClN2O3S2. The maximum Gasteiger partial charge on any atom is 0.243 e. The molecule has 1 N–H and O–H groups in total. The van der Waals surface area contributed by atoms with Crippen molar-refractivity contribution in [2.24, 2.45) is 0 Å². The Hall–Kier alpha value is -1.70. The normalized spacial score (nSPS) is 12.4. The molecule has 29 heavy (non-hydrogen) atoms. The fourth-order valence-corrected chi connectivity index (χ4v) is 5.07. The second-order valence-electron chi connectivity index (χ2n) is 6.98. The first kappa shape index (κ1) is 23.6. The van der Waals surface area contributed by atoms with Gasteiger partial charge in [-0.15, -0.1) is 0 Å². The van der Waals surface area contributed by atoms with Crippen LogP contribution in [0, 0.1) is 13.8 Å². The van der Waals surface area contributed by atoms with Crippen LogP contribution in [-0.4, -0.2) is 38.9 Å². The number of nitrogens with zero attached hydrogens (tertiary/aromatic N) is 1. The standard InChI is InChI=1S/C21H27ClN2O3S2/c1-15-8-9-20(12-16(15)2)24(29(4,26)27)17(3)21(25)23-10-11-28-14-18-6-5-7-19(22)13-18/h5-9,12-13,17H,10-11,14H2,1-4H3,(H,23,25)/t17-/m1/s1. The molecule has 2 rings (SSSR count). The van der Waals surface area contributed by atoms with Crippen LogP contribution < -0.4 is 9.62 Å². The van der Waals surface area contributed by atoms with Gasteiger partial charge in [0, 0.05) is 23.1 Å². The van der Waals surface area contributed by atoms with Gasteiger partial charge >= 0.3 is 0 Å². The second-order valence-corrected chi connectivity index (χ2v) is 10.4. The molecule has 0 aromatic heterocycles. The average molecular weight is 455 g/mol. The van der Waals surface area contributed by atoms with E-state index >= 15 is 0 Å². The molecule has 0 bridgehead atoms. The summed E-state index contributed by atoms with van der Waals surface area (Å²) in [5.41, 5.74) is 3.66. The van der Waals surface area contributed by atoms with Crippen molar-refractivity contribution < 1.29 is 13.2 Å². The highest BCUT2D eigenvalue weighted by Gasteiger charge is 2.29. The highest BCUT2D eigenvalue weighted by atomic mass is 35.5. The van der Waals surface area contributed by atoms with Crippen molar-refractivity contribution in [3.63, 3.8) is 0 Å². The summed E-state index contributed by atoms with van der Waals surface area (Å²) in [5.74, 6) is 1.19. The van der Waals surface area contributed by atoms with E-state index in [1.54, 1.807) is 30.8 Å². The van der Waals surface area contributed by atoms with Gasteiger partial charge in [-0.05, 0) is 61.7 Å². The topological polar surface area (TPSA) is 66.5 Å². The number of rotatable bonds is 9. The van der Waals surface area contributed by atoms with Crippen LogP contribution in [0.25, 0.3) is 0 Å². The minimum Gasteiger partial charge on any atom is -0.353 e. The van der Waals surface area contributed by atoms with E-state index in [9.17, 15) is 13.2 Å².